The number of carbonyl (C=O) groups excluding carboxylic acids is 1. The molecule has 0 aromatic heterocycles. The zero-order valence-electron chi connectivity index (χ0n) is 13.1. The molecule has 4 heteroatoms. The Morgan fingerprint density at radius 3 is 2.00 bits per heavy atom. The van der Waals surface area contributed by atoms with Crippen LogP contribution in [0.3, 0.4) is 0 Å². The molecule has 0 aromatic rings. The van der Waals surface area contributed by atoms with E-state index in [0.717, 1.165) is 43.4 Å². The lowest BCUT2D eigenvalue weighted by molar-refractivity contribution is -0.845. The Morgan fingerprint density at radius 1 is 1.00 bits per heavy atom. The highest BCUT2D eigenvalue weighted by Gasteiger charge is 2.38. The fourth-order valence-electron chi connectivity index (χ4n) is 3.21. The van der Waals surface area contributed by atoms with Crippen molar-refractivity contribution in [1.82, 2.24) is 0 Å². The summed E-state index contributed by atoms with van der Waals surface area (Å²) < 4.78 is 0.760. The van der Waals surface area contributed by atoms with Gasteiger partial charge in [-0.1, -0.05) is 32.1 Å². The van der Waals surface area contributed by atoms with E-state index >= 15 is 0 Å². The molecule has 1 heterocycles. The van der Waals surface area contributed by atoms with Crippen LogP contribution in [0.25, 0.3) is 0 Å². The third-order valence-electron chi connectivity index (χ3n) is 4.61. The fourth-order valence-corrected chi connectivity index (χ4v) is 3.21. The Kier molecular flexibility index (Phi) is 11.7. The second-order valence-electron chi connectivity index (χ2n) is 5.96. The minimum Gasteiger partial charge on any atom is -1.00 e. The Bertz CT molecular complexity index is 261. The van der Waals surface area contributed by atoms with Gasteiger partial charge in [0, 0.05) is 13.0 Å². The van der Waals surface area contributed by atoms with Gasteiger partial charge in [0.2, 0.25) is 0 Å². The summed E-state index contributed by atoms with van der Waals surface area (Å²) in [6.07, 6.45) is 11.7. The maximum atomic E-state index is 11.9. The van der Waals surface area contributed by atoms with Crippen LogP contribution in [0.2, 0.25) is 0 Å². The lowest BCUT2D eigenvalue weighted by Gasteiger charge is -2.30. The van der Waals surface area contributed by atoms with Gasteiger partial charge >= 0.3 is 5.91 Å². The van der Waals surface area contributed by atoms with Crippen molar-refractivity contribution in [2.45, 2.75) is 71.1 Å². The van der Waals surface area contributed by atoms with Gasteiger partial charge in [0.1, 0.15) is 0 Å². The molecule has 0 saturated carbocycles. The van der Waals surface area contributed by atoms with E-state index in [-0.39, 0.29) is 17.0 Å². The Labute approximate surface area is 135 Å². The van der Waals surface area contributed by atoms with Crippen molar-refractivity contribution in [3.63, 3.8) is 0 Å². The Balaban J connectivity index is 0.00000361. The van der Waals surface area contributed by atoms with E-state index in [2.05, 4.69) is 6.92 Å². The Morgan fingerprint density at radius 2 is 1.55 bits per heavy atom. The minimum atomic E-state index is 0. The summed E-state index contributed by atoms with van der Waals surface area (Å²) >= 11 is 0. The highest BCUT2D eigenvalue weighted by atomic mass is 79.9. The van der Waals surface area contributed by atoms with Crippen molar-refractivity contribution in [1.29, 1.82) is 0 Å². The number of unbranched alkanes of at least 4 members (excludes halogenated alkanes) is 7. The number of aliphatic hydroxyl groups excluding tert-OH is 1. The predicted molar refractivity (Wildman–Crippen MR) is 78.8 cm³/mol. The highest BCUT2D eigenvalue weighted by Crippen LogP contribution is 2.22. The van der Waals surface area contributed by atoms with E-state index in [1.165, 1.54) is 44.9 Å². The molecule has 1 N–H and O–H groups in total. The van der Waals surface area contributed by atoms with Crippen LogP contribution in [0.5, 0.6) is 0 Å². The van der Waals surface area contributed by atoms with E-state index in [1.807, 2.05) is 0 Å². The average Bonchev–Trinajstić information content (AvgIpc) is 2.79. The van der Waals surface area contributed by atoms with Gasteiger partial charge in [0.05, 0.1) is 26.1 Å². The van der Waals surface area contributed by atoms with Gasteiger partial charge in [-0.15, -0.1) is 0 Å². The molecular formula is C16H32BrNO2. The number of halogens is 1. The number of amides is 1. The summed E-state index contributed by atoms with van der Waals surface area (Å²) in [7, 11) is 0. The van der Waals surface area contributed by atoms with Crippen molar-refractivity contribution >= 4 is 5.91 Å². The van der Waals surface area contributed by atoms with Gasteiger partial charge in [-0.2, -0.15) is 0 Å². The molecule has 1 rings (SSSR count). The van der Waals surface area contributed by atoms with Crippen LogP contribution in [0.15, 0.2) is 0 Å². The van der Waals surface area contributed by atoms with Crippen LogP contribution < -0.4 is 17.0 Å². The molecule has 0 bridgehead atoms. The molecule has 1 saturated heterocycles. The van der Waals surface area contributed by atoms with Crippen LogP contribution in [-0.2, 0) is 4.79 Å². The first kappa shape index (κ1) is 20.1. The van der Waals surface area contributed by atoms with Crippen molar-refractivity contribution < 1.29 is 31.4 Å². The maximum absolute atomic E-state index is 11.9. The number of carbonyl (C=O) groups is 1. The van der Waals surface area contributed by atoms with Gasteiger partial charge in [0.25, 0.3) is 0 Å². The molecular weight excluding hydrogens is 318 g/mol. The molecule has 1 aliphatic rings. The third kappa shape index (κ3) is 6.68. The van der Waals surface area contributed by atoms with Gasteiger partial charge < -0.3 is 22.1 Å². The monoisotopic (exact) mass is 349 g/mol. The first-order valence-electron chi connectivity index (χ1n) is 8.25. The van der Waals surface area contributed by atoms with Crippen LogP contribution in [0.1, 0.15) is 71.1 Å². The topological polar surface area (TPSA) is 37.3 Å². The zero-order valence-corrected chi connectivity index (χ0v) is 14.7. The lowest BCUT2D eigenvalue weighted by atomic mass is 10.1. The second kappa shape index (κ2) is 11.7. The average molecular weight is 350 g/mol. The number of rotatable bonds is 11. The molecule has 0 spiro atoms. The van der Waals surface area contributed by atoms with Crippen molar-refractivity contribution in [2.75, 3.05) is 26.2 Å². The molecule has 1 fully saturated rings. The molecule has 0 aliphatic carbocycles. The number of hydrogen-bond donors (Lipinski definition) is 1. The van der Waals surface area contributed by atoms with E-state index < -0.39 is 0 Å². The first-order valence-corrected chi connectivity index (χ1v) is 8.25. The van der Waals surface area contributed by atoms with Crippen molar-refractivity contribution in [3.05, 3.63) is 0 Å². The SMILES string of the molecule is CC[N+]1(CCCCCCCCCCO)CCCC1=O.[Br-]. The number of quaternary nitrogens is 1. The van der Waals surface area contributed by atoms with Crippen molar-refractivity contribution in [3.8, 4) is 0 Å². The van der Waals surface area contributed by atoms with Gasteiger partial charge in [-0.3, -0.25) is 4.48 Å². The summed E-state index contributed by atoms with van der Waals surface area (Å²) in [6, 6.07) is 0. The molecule has 0 aromatic carbocycles. The molecule has 3 nitrogen and oxygen atoms in total. The van der Waals surface area contributed by atoms with Crippen LogP contribution >= 0.6 is 0 Å². The molecule has 1 atom stereocenters. The number of likely N-dealkylation sites (tertiary alicyclic amines) is 1. The largest absolute Gasteiger partial charge is 1.00 e. The van der Waals surface area contributed by atoms with E-state index in [0.29, 0.717) is 12.5 Å². The molecule has 1 unspecified atom stereocenters. The summed E-state index contributed by atoms with van der Waals surface area (Å²) in [5.74, 6) is 0.478. The fraction of sp³-hybridized carbons (Fsp3) is 0.938. The quantitative estimate of drug-likeness (QED) is 0.429. The number of hydrogen-bond acceptors (Lipinski definition) is 2. The smallest absolute Gasteiger partial charge is 0.313 e. The molecule has 120 valence electrons. The molecule has 1 amide bonds. The summed E-state index contributed by atoms with van der Waals surface area (Å²) in [4.78, 5) is 11.9. The normalized spacial score (nSPS) is 22.0. The zero-order chi connectivity index (χ0) is 14.0. The summed E-state index contributed by atoms with van der Waals surface area (Å²) in [5.41, 5.74) is 0. The van der Waals surface area contributed by atoms with Crippen LogP contribution in [0.4, 0.5) is 0 Å². The van der Waals surface area contributed by atoms with E-state index in [9.17, 15) is 4.79 Å². The predicted octanol–water partition coefficient (Wildman–Crippen LogP) is 0.261. The Hall–Kier alpha value is 0.0700. The number of aliphatic hydroxyl groups is 1. The minimum absolute atomic E-state index is 0. The van der Waals surface area contributed by atoms with Crippen molar-refractivity contribution in [2.24, 2.45) is 0 Å². The third-order valence-corrected chi connectivity index (χ3v) is 4.61. The lowest BCUT2D eigenvalue weighted by Crippen LogP contribution is -3.00. The number of nitrogens with zero attached hydrogens (tertiary/aromatic N) is 1. The van der Waals surface area contributed by atoms with E-state index in [4.69, 9.17) is 5.11 Å². The summed E-state index contributed by atoms with van der Waals surface area (Å²) in [5, 5.41) is 8.68. The van der Waals surface area contributed by atoms with Gasteiger partial charge in [-0.25, -0.2) is 4.79 Å². The van der Waals surface area contributed by atoms with Gasteiger partial charge in [0.15, 0.2) is 0 Å². The first-order chi connectivity index (χ1) is 9.25. The van der Waals surface area contributed by atoms with Gasteiger partial charge in [-0.05, 0) is 26.2 Å². The molecule has 1 aliphatic heterocycles. The maximum Gasteiger partial charge on any atom is 0.313 e. The molecule has 20 heavy (non-hydrogen) atoms. The second-order valence-corrected chi connectivity index (χ2v) is 5.96. The van der Waals surface area contributed by atoms with E-state index in [1.54, 1.807) is 0 Å². The summed E-state index contributed by atoms with van der Waals surface area (Å²) in [6.45, 7) is 5.63. The highest BCUT2D eigenvalue weighted by molar-refractivity contribution is 5.70. The van der Waals surface area contributed by atoms with Crippen LogP contribution in [0, 0.1) is 0 Å². The standard InChI is InChI=1S/C16H32NO2.BrH/c1-2-17(14-11-12-16(17)19)13-9-7-5-3-4-6-8-10-15-18;/h18H,2-15H2,1H3;1H/q+1;/p-1. The van der Waals surface area contributed by atoms with Crippen LogP contribution in [-0.4, -0.2) is 41.7 Å². The molecule has 0 radical (unpaired) electrons.